The van der Waals surface area contributed by atoms with E-state index in [1.54, 1.807) is 0 Å². The number of hydrogen-bond donors (Lipinski definition) is 2. The van der Waals surface area contributed by atoms with Crippen molar-refractivity contribution in [3.05, 3.63) is 35.3 Å². The predicted molar refractivity (Wildman–Crippen MR) is 67.8 cm³/mol. The van der Waals surface area contributed by atoms with Crippen LogP contribution in [-0.2, 0) is 11.8 Å². The van der Waals surface area contributed by atoms with E-state index < -0.39 is 0 Å². The Morgan fingerprint density at radius 2 is 2.06 bits per heavy atom. The number of aromatic nitrogens is 1. The Balaban J connectivity index is 2.70. The van der Waals surface area contributed by atoms with Gasteiger partial charge in [-0.2, -0.15) is 0 Å². The van der Waals surface area contributed by atoms with Crippen LogP contribution in [0.4, 0.5) is 5.69 Å². The maximum Gasteiger partial charge on any atom is 0.221 e. The third-order valence-electron chi connectivity index (χ3n) is 2.85. The van der Waals surface area contributed by atoms with E-state index in [1.165, 1.54) is 6.92 Å². The summed E-state index contributed by atoms with van der Waals surface area (Å²) >= 11 is 0. The minimum Gasteiger partial charge on any atom is -0.348 e. The summed E-state index contributed by atoms with van der Waals surface area (Å²) in [5.74, 6) is -0.104. The molecule has 0 atom stereocenters. The molecule has 1 aromatic carbocycles. The lowest BCUT2D eigenvalue weighted by molar-refractivity contribution is -0.114. The van der Waals surface area contributed by atoms with Crippen LogP contribution in [0, 0.1) is 12.3 Å². The van der Waals surface area contributed by atoms with Crippen molar-refractivity contribution in [3.8, 4) is 0 Å². The first-order valence-electron chi connectivity index (χ1n) is 5.41. The third kappa shape index (κ3) is 2.06. The summed E-state index contributed by atoms with van der Waals surface area (Å²) in [4.78, 5) is 11.0. The summed E-state index contributed by atoms with van der Waals surface area (Å²) < 4.78 is 2.03. The van der Waals surface area contributed by atoms with Crippen molar-refractivity contribution < 1.29 is 4.79 Å². The van der Waals surface area contributed by atoms with Crippen molar-refractivity contribution >= 4 is 22.5 Å². The fourth-order valence-electron chi connectivity index (χ4n) is 1.90. The minimum atomic E-state index is -0.104. The van der Waals surface area contributed by atoms with E-state index in [0.29, 0.717) is 5.36 Å². The Morgan fingerprint density at radius 3 is 2.71 bits per heavy atom. The first-order chi connectivity index (χ1) is 7.99. The van der Waals surface area contributed by atoms with Crippen molar-refractivity contribution in [2.75, 3.05) is 5.32 Å². The fourth-order valence-corrected chi connectivity index (χ4v) is 1.90. The van der Waals surface area contributed by atoms with Crippen LogP contribution >= 0.6 is 0 Å². The van der Waals surface area contributed by atoms with Gasteiger partial charge in [-0.05, 0) is 31.2 Å². The molecule has 0 aliphatic rings. The number of pyridine rings is 1. The van der Waals surface area contributed by atoms with E-state index in [1.807, 2.05) is 42.8 Å². The number of nitrogens with one attached hydrogen (secondary N) is 2. The van der Waals surface area contributed by atoms with E-state index in [9.17, 15) is 4.79 Å². The smallest absolute Gasteiger partial charge is 0.221 e. The van der Waals surface area contributed by atoms with Crippen LogP contribution in [0.15, 0.2) is 24.3 Å². The van der Waals surface area contributed by atoms with Gasteiger partial charge < -0.3 is 15.3 Å². The zero-order valence-corrected chi connectivity index (χ0v) is 10.2. The standard InChI is InChI=1S/C13H15N3O/c1-8-6-12(14)11-7-10(15-9(2)17)4-5-13(11)16(8)3/h4-7,14H,1-3H3,(H,15,17). The molecule has 0 aliphatic carbocycles. The Kier molecular flexibility index (Phi) is 2.71. The molecule has 1 aromatic heterocycles. The number of aryl methyl sites for hydroxylation is 2. The molecule has 0 saturated carbocycles. The summed E-state index contributed by atoms with van der Waals surface area (Å²) in [5.41, 5.74) is 2.75. The lowest BCUT2D eigenvalue weighted by Crippen LogP contribution is -2.11. The van der Waals surface area contributed by atoms with E-state index in [4.69, 9.17) is 5.41 Å². The van der Waals surface area contributed by atoms with Gasteiger partial charge in [-0.25, -0.2) is 0 Å². The molecule has 0 bridgehead atoms. The van der Waals surface area contributed by atoms with Gasteiger partial charge in [0.05, 0.1) is 10.9 Å². The molecule has 0 spiro atoms. The highest BCUT2D eigenvalue weighted by molar-refractivity contribution is 5.92. The zero-order chi connectivity index (χ0) is 12.6. The van der Waals surface area contributed by atoms with Crippen molar-refractivity contribution in [2.45, 2.75) is 13.8 Å². The average Bonchev–Trinajstić information content (AvgIpc) is 2.25. The molecule has 0 saturated heterocycles. The molecule has 0 unspecified atom stereocenters. The molecule has 88 valence electrons. The van der Waals surface area contributed by atoms with Gasteiger partial charge >= 0.3 is 0 Å². The Morgan fingerprint density at radius 1 is 1.35 bits per heavy atom. The Bertz CT molecular complexity index is 655. The number of hydrogen-bond acceptors (Lipinski definition) is 2. The van der Waals surface area contributed by atoms with Gasteiger partial charge in [0, 0.05) is 30.7 Å². The largest absolute Gasteiger partial charge is 0.348 e. The molecule has 2 aromatic rings. The van der Waals surface area contributed by atoms with Gasteiger partial charge in [-0.15, -0.1) is 0 Å². The van der Waals surface area contributed by atoms with Gasteiger partial charge in [0.2, 0.25) is 5.91 Å². The molecule has 1 heterocycles. The highest BCUT2D eigenvalue weighted by Crippen LogP contribution is 2.16. The van der Waals surface area contributed by atoms with Gasteiger partial charge in [0.1, 0.15) is 0 Å². The number of nitrogens with zero attached hydrogens (tertiary/aromatic N) is 1. The monoisotopic (exact) mass is 229 g/mol. The molecule has 2 N–H and O–H groups in total. The molecule has 0 radical (unpaired) electrons. The summed E-state index contributed by atoms with van der Waals surface area (Å²) in [5, 5.41) is 12.0. The SMILES string of the molecule is CC(=O)Nc1ccc2c(c1)c(=N)cc(C)n2C. The van der Waals surface area contributed by atoms with Crippen LogP contribution < -0.4 is 10.7 Å². The first kappa shape index (κ1) is 11.4. The van der Waals surface area contributed by atoms with E-state index in [0.717, 1.165) is 22.3 Å². The summed E-state index contributed by atoms with van der Waals surface area (Å²) in [6, 6.07) is 7.42. The second-order valence-electron chi connectivity index (χ2n) is 4.17. The van der Waals surface area contributed by atoms with Gasteiger partial charge in [0.25, 0.3) is 0 Å². The topological polar surface area (TPSA) is 57.9 Å². The van der Waals surface area contributed by atoms with E-state index in [-0.39, 0.29) is 5.91 Å². The number of carbonyl (C=O) groups excluding carboxylic acids is 1. The maximum atomic E-state index is 11.0. The highest BCUT2D eigenvalue weighted by Gasteiger charge is 2.03. The molecular weight excluding hydrogens is 214 g/mol. The Hall–Kier alpha value is -2.10. The molecule has 17 heavy (non-hydrogen) atoms. The van der Waals surface area contributed by atoms with Crippen molar-refractivity contribution in [1.82, 2.24) is 4.57 Å². The third-order valence-corrected chi connectivity index (χ3v) is 2.85. The van der Waals surface area contributed by atoms with Crippen LogP contribution in [0.2, 0.25) is 0 Å². The molecule has 0 aliphatic heterocycles. The summed E-state index contributed by atoms with van der Waals surface area (Å²) in [6.07, 6.45) is 0. The lowest BCUT2D eigenvalue weighted by Gasteiger charge is -2.11. The number of rotatable bonds is 1. The summed E-state index contributed by atoms with van der Waals surface area (Å²) in [7, 11) is 1.97. The van der Waals surface area contributed by atoms with Gasteiger partial charge in [-0.1, -0.05) is 0 Å². The van der Waals surface area contributed by atoms with Crippen LogP contribution in [-0.4, -0.2) is 10.5 Å². The normalized spacial score (nSPS) is 10.5. The number of amides is 1. The number of benzene rings is 1. The molecular formula is C13H15N3O. The molecule has 1 amide bonds. The highest BCUT2D eigenvalue weighted by atomic mass is 16.1. The van der Waals surface area contributed by atoms with Crippen LogP contribution in [0.3, 0.4) is 0 Å². The van der Waals surface area contributed by atoms with Crippen LogP contribution in [0.1, 0.15) is 12.6 Å². The van der Waals surface area contributed by atoms with Crippen LogP contribution in [0.25, 0.3) is 10.9 Å². The Labute approximate surface area is 99.4 Å². The van der Waals surface area contributed by atoms with Gasteiger partial charge in [0.15, 0.2) is 0 Å². The van der Waals surface area contributed by atoms with Crippen molar-refractivity contribution in [3.63, 3.8) is 0 Å². The van der Waals surface area contributed by atoms with E-state index >= 15 is 0 Å². The lowest BCUT2D eigenvalue weighted by atomic mass is 10.1. The maximum absolute atomic E-state index is 11.0. The summed E-state index contributed by atoms with van der Waals surface area (Å²) in [6.45, 7) is 3.44. The molecule has 0 fully saturated rings. The second kappa shape index (κ2) is 4.05. The number of fused-ring (bicyclic) bond motifs is 1. The number of carbonyl (C=O) groups is 1. The number of anilines is 1. The molecule has 4 nitrogen and oxygen atoms in total. The van der Waals surface area contributed by atoms with Crippen molar-refractivity contribution in [1.29, 1.82) is 5.41 Å². The zero-order valence-electron chi connectivity index (χ0n) is 10.2. The first-order valence-corrected chi connectivity index (χ1v) is 5.41. The molecule has 4 heteroatoms. The predicted octanol–water partition coefficient (Wildman–Crippen LogP) is 1.92. The van der Waals surface area contributed by atoms with E-state index in [2.05, 4.69) is 5.32 Å². The molecule has 2 rings (SSSR count). The minimum absolute atomic E-state index is 0.104. The average molecular weight is 229 g/mol. The van der Waals surface area contributed by atoms with Crippen molar-refractivity contribution in [2.24, 2.45) is 7.05 Å². The van der Waals surface area contributed by atoms with Crippen LogP contribution in [0.5, 0.6) is 0 Å². The second-order valence-corrected chi connectivity index (χ2v) is 4.17. The quantitative estimate of drug-likeness (QED) is 0.771. The van der Waals surface area contributed by atoms with Gasteiger partial charge in [-0.3, -0.25) is 4.79 Å². The fraction of sp³-hybridized carbons (Fsp3) is 0.231.